The van der Waals surface area contributed by atoms with E-state index in [2.05, 4.69) is 210 Å². The number of hydrogen-bond donors (Lipinski definition) is 0. The van der Waals surface area contributed by atoms with Gasteiger partial charge in [0.1, 0.15) is 0 Å². The van der Waals surface area contributed by atoms with Crippen LogP contribution in [0.4, 0.5) is 34.1 Å². The molecule has 0 unspecified atom stereocenters. The van der Waals surface area contributed by atoms with Gasteiger partial charge in [0, 0.05) is 74.2 Å². The van der Waals surface area contributed by atoms with Crippen molar-refractivity contribution < 1.29 is 0 Å². The van der Waals surface area contributed by atoms with Gasteiger partial charge in [-0.3, -0.25) is 0 Å². The fraction of sp³-hybridized carbons (Fsp3) is 0. The Labute approximate surface area is 350 Å². The predicted molar refractivity (Wildman–Crippen MR) is 257 cm³/mol. The van der Waals surface area contributed by atoms with Gasteiger partial charge in [-0.05, 0) is 76.0 Å². The summed E-state index contributed by atoms with van der Waals surface area (Å²) >= 11 is 3.76. The van der Waals surface area contributed by atoms with E-state index in [1.807, 2.05) is 22.7 Å². The molecule has 0 amide bonds. The maximum atomic E-state index is 2.61. The smallest absolute Gasteiger partial charge is 0.252 e. The Hall–Kier alpha value is -6.92. The first-order chi connectivity index (χ1) is 29.3. The summed E-state index contributed by atoms with van der Waals surface area (Å²) in [6.45, 7) is 0.0401. The molecule has 13 rings (SSSR count). The summed E-state index contributed by atoms with van der Waals surface area (Å²) < 4.78 is 5.19. The average Bonchev–Trinajstić information content (AvgIpc) is 3.88. The molecule has 9 aromatic carbocycles. The molecular weight excluding hydrogens is 752 g/mol. The lowest BCUT2D eigenvalue weighted by Gasteiger charge is -2.45. The molecule has 0 radical (unpaired) electrons. The van der Waals surface area contributed by atoms with Crippen molar-refractivity contribution in [3.05, 3.63) is 200 Å². The predicted octanol–water partition coefficient (Wildman–Crippen LogP) is 13.8. The third-order valence-electron chi connectivity index (χ3n) is 12.5. The maximum absolute atomic E-state index is 2.61. The van der Waals surface area contributed by atoms with Crippen LogP contribution in [0.1, 0.15) is 0 Å². The lowest BCUT2D eigenvalue weighted by Crippen LogP contribution is -2.61. The van der Waals surface area contributed by atoms with Gasteiger partial charge in [-0.15, -0.1) is 22.7 Å². The zero-order valence-corrected chi connectivity index (χ0v) is 33.5. The van der Waals surface area contributed by atoms with Crippen LogP contribution in [0.3, 0.4) is 0 Å². The molecule has 2 aliphatic rings. The molecule has 5 heteroatoms. The molecule has 2 aliphatic heterocycles. The Morgan fingerprint density at radius 3 is 1.22 bits per heavy atom. The zero-order chi connectivity index (χ0) is 38.6. The van der Waals surface area contributed by atoms with E-state index in [0.717, 1.165) is 0 Å². The minimum atomic E-state index is 0.0401. The second-order valence-corrected chi connectivity index (χ2v) is 17.7. The number of para-hydroxylation sites is 2. The number of hydrogen-bond acceptors (Lipinski definition) is 4. The summed E-state index contributed by atoms with van der Waals surface area (Å²) in [6.07, 6.45) is 0. The molecule has 0 bridgehead atoms. The summed E-state index contributed by atoms with van der Waals surface area (Å²) in [6, 6.07) is 74.4. The molecule has 0 saturated carbocycles. The highest BCUT2D eigenvalue weighted by atomic mass is 32.1. The molecule has 2 aromatic heterocycles. The van der Waals surface area contributed by atoms with Crippen LogP contribution in [-0.4, -0.2) is 6.71 Å². The van der Waals surface area contributed by atoms with Gasteiger partial charge in [-0.1, -0.05) is 152 Å². The molecule has 0 spiro atoms. The molecule has 0 fully saturated rings. The van der Waals surface area contributed by atoms with Crippen LogP contribution in [0.5, 0.6) is 0 Å². The van der Waals surface area contributed by atoms with Crippen LogP contribution < -0.4 is 26.2 Å². The number of fused-ring (bicyclic) bond motifs is 10. The molecule has 11 aromatic rings. The van der Waals surface area contributed by atoms with Crippen molar-refractivity contribution in [1.29, 1.82) is 0 Å². The van der Waals surface area contributed by atoms with Crippen LogP contribution in [0.2, 0.25) is 0 Å². The van der Waals surface area contributed by atoms with Crippen molar-refractivity contribution in [3.63, 3.8) is 0 Å². The molecule has 0 aliphatic carbocycles. The minimum Gasteiger partial charge on any atom is -0.310 e. The zero-order valence-electron chi connectivity index (χ0n) is 31.8. The van der Waals surface area contributed by atoms with Crippen LogP contribution in [0, 0.1) is 0 Å². The van der Waals surface area contributed by atoms with Gasteiger partial charge >= 0.3 is 0 Å². The summed E-state index contributed by atoms with van der Waals surface area (Å²) in [4.78, 5) is 5.22. The van der Waals surface area contributed by atoms with E-state index in [1.165, 1.54) is 113 Å². The number of nitrogens with zero attached hydrogens (tertiary/aromatic N) is 2. The van der Waals surface area contributed by atoms with E-state index < -0.39 is 0 Å². The van der Waals surface area contributed by atoms with Crippen LogP contribution in [-0.2, 0) is 0 Å². The van der Waals surface area contributed by atoms with E-state index in [9.17, 15) is 0 Å². The normalized spacial score (nSPS) is 13.0. The summed E-state index contributed by atoms with van der Waals surface area (Å²) in [7, 11) is 0. The first-order valence-electron chi connectivity index (χ1n) is 20.2. The quantitative estimate of drug-likeness (QED) is 0.164. The SMILES string of the molecule is c1ccc(-c2ccc3sc4ccccc4c3c2N2c3ccccc3B3c4ccccc4N(c4c(-c5ccccc5)ccc5sc6ccccc6c45)c4cccc2c43)cc1. The Morgan fingerprint density at radius 1 is 0.322 bits per heavy atom. The number of benzene rings is 9. The van der Waals surface area contributed by atoms with Crippen LogP contribution >= 0.6 is 22.7 Å². The van der Waals surface area contributed by atoms with Crippen molar-refractivity contribution in [2.45, 2.75) is 0 Å². The van der Waals surface area contributed by atoms with Gasteiger partial charge in [0.25, 0.3) is 6.71 Å². The number of thiophene rings is 2. The van der Waals surface area contributed by atoms with Crippen molar-refractivity contribution in [3.8, 4) is 22.3 Å². The van der Waals surface area contributed by atoms with Gasteiger partial charge in [0.2, 0.25) is 0 Å². The van der Waals surface area contributed by atoms with Crippen LogP contribution in [0.15, 0.2) is 200 Å². The molecule has 59 heavy (non-hydrogen) atoms. The minimum absolute atomic E-state index is 0.0401. The Balaban J connectivity index is 1.17. The highest BCUT2D eigenvalue weighted by molar-refractivity contribution is 7.26. The first-order valence-corrected chi connectivity index (χ1v) is 21.9. The van der Waals surface area contributed by atoms with E-state index in [-0.39, 0.29) is 6.71 Å². The summed E-state index contributed by atoms with van der Waals surface area (Å²) in [5, 5.41) is 5.18. The molecule has 0 N–H and O–H groups in total. The van der Waals surface area contributed by atoms with Gasteiger partial charge < -0.3 is 9.80 Å². The van der Waals surface area contributed by atoms with Crippen LogP contribution in [0.25, 0.3) is 62.6 Å². The van der Waals surface area contributed by atoms with E-state index in [1.54, 1.807) is 0 Å². The topological polar surface area (TPSA) is 6.48 Å². The van der Waals surface area contributed by atoms with Crippen molar-refractivity contribution in [2.75, 3.05) is 9.80 Å². The van der Waals surface area contributed by atoms with E-state index >= 15 is 0 Å². The van der Waals surface area contributed by atoms with Gasteiger partial charge in [0.05, 0.1) is 11.4 Å². The molecule has 2 nitrogen and oxygen atoms in total. The van der Waals surface area contributed by atoms with Crippen molar-refractivity contribution >= 4 is 120 Å². The maximum Gasteiger partial charge on any atom is 0.252 e. The molecule has 274 valence electrons. The third kappa shape index (κ3) is 4.74. The molecular formula is C54H33BN2S2. The number of anilines is 6. The third-order valence-corrected chi connectivity index (χ3v) is 14.7. The lowest BCUT2D eigenvalue weighted by atomic mass is 9.33. The van der Waals surface area contributed by atoms with Gasteiger partial charge in [-0.25, -0.2) is 0 Å². The second kappa shape index (κ2) is 12.8. The largest absolute Gasteiger partial charge is 0.310 e. The number of rotatable bonds is 4. The molecule has 0 atom stereocenters. The van der Waals surface area contributed by atoms with Crippen molar-refractivity contribution in [1.82, 2.24) is 0 Å². The Bertz CT molecular complexity index is 3250. The first kappa shape index (κ1) is 33.1. The van der Waals surface area contributed by atoms with Gasteiger partial charge in [-0.2, -0.15) is 0 Å². The van der Waals surface area contributed by atoms with Gasteiger partial charge in [0.15, 0.2) is 0 Å². The lowest BCUT2D eigenvalue weighted by molar-refractivity contribution is 1.27. The standard InChI is InChI=1S/C54H33BN2S2/c1-3-16-34(17-4-1)36-30-32-48-50(38-20-7-13-28-46(38)58-48)53(36)56-42-24-11-9-22-40(42)55-41-23-10-12-25-43(41)57(45-27-15-26-44(56)52(45)55)54-37(35-18-5-2-6-19-35)31-33-49-51(54)39-21-8-14-29-47(39)59-49/h1-33H. The Kier molecular flexibility index (Phi) is 7.18. The molecule has 4 heterocycles. The fourth-order valence-electron chi connectivity index (χ4n) is 10.1. The van der Waals surface area contributed by atoms with E-state index in [0.29, 0.717) is 0 Å². The average molecular weight is 785 g/mol. The highest BCUT2D eigenvalue weighted by Crippen LogP contribution is 2.54. The highest BCUT2D eigenvalue weighted by Gasteiger charge is 2.44. The monoisotopic (exact) mass is 784 g/mol. The second-order valence-electron chi connectivity index (χ2n) is 15.5. The summed E-state index contributed by atoms with van der Waals surface area (Å²) in [5.74, 6) is 0. The molecule has 0 saturated heterocycles. The van der Waals surface area contributed by atoms with Crippen molar-refractivity contribution in [2.24, 2.45) is 0 Å². The fourth-order valence-corrected chi connectivity index (χ4v) is 12.3. The van der Waals surface area contributed by atoms with E-state index in [4.69, 9.17) is 0 Å². The Morgan fingerprint density at radius 2 is 0.729 bits per heavy atom. The summed E-state index contributed by atoms with van der Waals surface area (Å²) in [5.41, 5.74) is 16.2.